The van der Waals surface area contributed by atoms with Crippen molar-refractivity contribution in [3.63, 3.8) is 0 Å². The first-order valence-corrected chi connectivity index (χ1v) is 7.60. The highest BCUT2D eigenvalue weighted by molar-refractivity contribution is 5.95. The highest BCUT2D eigenvalue weighted by Crippen LogP contribution is 2.24. The van der Waals surface area contributed by atoms with Gasteiger partial charge in [-0.2, -0.15) is 5.10 Å². The minimum absolute atomic E-state index is 0.0963. The summed E-state index contributed by atoms with van der Waals surface area (Å²) in [4.78, 5) is 16.0. The molecule has 0 aliphatic carbocycles. The van der Waals surface area contributed by atoms with Crippen LogP contribution in [0.25, 0.3) is 0 Å². The maximum atomic E-state index is 13.3. The summed E-state index contributed by atoms with van der Waals surface area (Å²) in [7, 11) is 0. The second-order valence-corrected chi connectivity index (χ2v) is 5.83. The molecule has 2 N–H and O–H groups in total. The van der Waals surface area contributed by atoms with E-state index in [1.807, 2.05) is 13.8 Å². The zero-order chi connectivity index (χ0) is 17.7. The summed E-state index contributed by atoms with van der Waals surface area (Å²) >= 11 is 0. The fraction of sp³-hybridized carbons (Fsp3) is 0.438. The summed E-state index contributed by atoms with van der Waals surface area (Å²) in [6.07, 6.45) is 0.420. The molecule has 0 bridgehead atoms. The number of nitrogens with one attached hydrogen (secondary N) is 1. The maximum absolute atomic E-state index is 13.3. The van der Waals surface area contributed by atoms with Gasteiger partial charge < -0.3 is 10.4 Å². The molecular weight excluding hydrogens is 318 g/mol. The predicted octanol–water partition coefficient (Wildman–Crippen LogP) is 2.34. The summed E-state index contributed by atoms with van der Waals surface area (Å²) in [5, 5.41) is 16.4. The average molecular weight is 338 g/mol. The highest BCUT2D eigenvalue weighted by Gasteiger charge is 2.25. The van der Waals surface area contributed by atoms with Crippen molar-refractivity contribution >= 4 is 5.91 Å². The number of aliphatic hydroxyl groups is 1. The van der Waals surface area contributed by atoms with Crippen LogP contribution in [0.1, 0.15) is 48.0 Å². The Kier molecular flexibility index (Phi) is 5.97. The largest absolute Gasteiger partial charge is 0.387 e. The number of hydrogen-bond donors (Lipinski definition) is 2. The molecule has 0 saturated carbocycles. The van der Waals surface area contributed by atoms with Crippen LogP contribution in [0.5, 0.6) is 0 Å². The number of nitrogens with zero attached hydrogens (tertiary/aromatic N) is 3. The number of alkyl halides is 2. The molecule has 2 aromatic heterocycles. The van der Waals surface area contributed by atoms with Gasteiger partial charge in [-0.25, -0.2) is 8.78 Å². The van der Waals surface area contributed by atoms with Crippen LogP contribution >= 0.6 is 0 Å². The Bertz CT molecular complexity index is 674. The quantitative estimate of drug-likeness (QED) is 0.812. The van der Waals surface area contributed by atoms with E-state index >= 15 is 0 Å². The first kappa shape index (κ1) is 18.0. The van der Waals surface area contributed by atoms with E-state index in [4.69, 9.17) is 0 Å². The van der Waals surface area contributed by atoms with Gasteiger partial charge in [0, 0.05) is 25.5 Å². The van der Waals surface area contributed by atoms with Gasteiger partial charge in [0.2, 0.25) is 0 Å². The minimum Gasteiger partial charge on any atom is -0.387 e. The molecule has 0 aliphatic rings. The Morgan fingerprint density at radius 1 is 1.33 bits per heavy atom. The van der Waals surface area contributed by atoms with Crippen LogP contribution in [0.2, 0.25) is 0 Å². The fourth-order valence-corrected chi connectivity index (χ4v) is 2.28. The number of aliphatic hydroxyl groups excluding tert-OH is 1. The standard InChI is InChI=1S/C16H20F2N4O2/c1-10(2)9-22-14(15(17)18)12(7-21-22)16(24)20-8-13(23)11-3-5-19-6-4-11/h3-7,10,13,15,23H,8-9H2,1-2H3,(H,20,24). The number of pyridine rings is 1. The number of hydrogen-bond acceptors (Lipinski definition) is 4. The number of aromatic nitrogens is 3. The van der Waals surface area contributed by atoms with E-state index < -0.39 is 24.1 Å². The molecule has 24 heavy (non-hydrogen) atoms. The molecule has 0 radical (unpaired) electrons. The second kappa shape index (κ2) is 7.96. The third kappa shape index (κ3) is 4.35. The van der Waals surface area contributed by atoms with E-state index in [1.165, 1.54) is 12.4 Å². The van der Waals surface area contributed by atoms with Crippen LogP contribution in [-0.2, 0) is 6.54 Å². The van der Waals surface area contributed by atoms with Crippen LogP contribution < -0.4 is 5.32 Å². The first-order chi connectivity index (χ1) is 11.4. The second-order valence-electron chi connectivity index (χ2n) is 5.83. The number of carbonyl (C=O) groups excluding carboxylic acids is 1. The molecule has 1 unspecified atom stereocenters. The molecule has 0 spiro atoms. The molecule has 6 nitrogen and oxygen atoms in total. The Hall–Kier alpha value is -2.35. The Balaban J connectivity index is 2.08. The van der Waals surface area contributed by atoms with Gasteiger partial charge in [0.1, 0.15) is 5.69 Å². The van der Waals surface area contributed by atoms with Gasteiger partial charge in [0.25, 0.3) is 12.3 Å². The third-order valence-electron chi connectivity index (χ3n) is 3.42. The summed E-state index contributed by atoms with van der Waals surface area (Å²) in [6, 6.07) is 3.23. The number of rotatable bonds is 7. The molecule has 1 amide bonds. The zero-order valence-electron chi connectivity index (χ0n) is 13.5. The lowest BCUT2D eigenvalue weighted by molar-refractivity contribution is 0.0899. The SMILES string of the molecule is CC(C)Cn1ncc(C(=O)NCC(O)c2ccncc2)c1C(F)F. The van der Waals surface area contributed by atoms with E-state index in [0.717, 1.165) is 10.9 Å². The summed E-state index contributed by atoms with van der Waals surface area (Å²) < 4.78 is 27.8. The molecular formula is C16H20F2N4O2. The molecule has 2 rings (SSSR count). The van der Waals surface area contributed by atoms with Crippen molar-refractivity contribution in [2.24, 2.45) is 5.92 Å². The van der Waals surface area contributed by atoms with Gasteiger partial charge in [0.05, 0.1) is 17.9 Å². The van der Waals surface area contributed by atoms with Crippen molar-refractivity contribution in [2.45, 2.75) is 32.9 Å². The van der Waals surface area contributed by atoms with Crippen molar-refractivity contribution in [1.29, 1.82) is 0 Å². The Labute approximate surface area is 138 Å². The maximum Gasteiger partial charge on any atom is 0.280 e. The average Bonchev–Trinajstić information content (AvgIpc) is 2.96. The van der Waals surface area contributed by atoms with Crippen molar-refractivity contribution in [3.8, 4) is 0 Å². The lowest BCUT2D eigenvalue weighted by Crippen LogP contribution is -2.29. The predicted molar refractivity (Wildman–Crippen MR) is 83.6 cm³/mol. The van der Waals surface area contributed by atoms with E-state index in [1.54, 1.807) is 12.1 Å². The lowest BCUT2D eigenvalue weighted by atomic mass is 10.1. The molecule has 130 valence electrons. The minimum atomic E-state index is -2.81. The smallest absolute Gasteiger partial charge is 0.280 e. The zero-order valence-corrected chi connectivity index (χ0v) is 13.5. The first-order valence-electron chi connectivity index (χ1n) is 7.60. The Morgan fingerprint density at radius 2 is 2.00 bits per heavy atom. The molecule has 0 aromatic carbocycles. The van der Waals surface area contributed by atoms with Crippen molar-refractivity contribution < 1.29 is 18.7 Å². The van der Waals surface area contributed by atoms with E-state index in [9.17, 15) is 18.7 Å². The number of halogens is 2. The summed E-state index contributed by atoms with van der Waals surface area (Å²) in [5.74, 6) is -0.569. The van der Waals surface area contributed by atoms with Crippen LogP contribution in [0, 0.1) is 5.92 Å². The van der Waals surface area contributed by atoms with E-state index in [-0.39, 0.29) is 18.0 Å². The van der Waals surface area contributed by atoms with Crippen LogP contribution in [-0.4, -0.2) is 32.3 Å². The molecule has 8 heteroatoms. The van der Waals surface area contributed by atoms with Crippen molar-refractivity contribution in [1.82, 2.24) is 20.1 Å². The molecule has 0 fully saturated rings. The summed E-state index contributed by atoms with van der Waals surface area (Å²) in [6.45, 7) is 3.96. The molecule has 2 aromatic rings. The molecule has 1 atom stereocenters. The topological polar surface area (TPSA) is 80.0 Å². The summed E-state index contributed by atoms with van der Waals surface area (Å²) in [5.41, 5.74) is 0.00191. The van der Waals surface area contributed by atoms with Gasteiger partial charge >= 0.3 is 0 Å². The van der Waals surface area contributed by atoms with Crippen LogP contribution in [0.15, 0.2) is 30.7 Å². The highest BCUT2D eigenvalue weighted by atomic mass is 19.3. The van der Waals surface area contributed by atoms with Crippen molar-refractivity contribution in [2.75, 3.05) is 6.54 Å². The number of amides is 1. The van der Waals surface area contributed by atoms with Crippen molar-refractivity contribution in [3.05, 3.63) is 47.5 Å². The fourth-order valence-electron chi connectivity index (χ4n) is 2.28. The van der Waals surface area contributed by atoms with Gasteiger partial charge in [-0.3, -0.25) is 14.5 Å². The molecule has 0 aliphatic heterocycles. The van der Waals surface area contributed by atoms with E-state index in [2.05, 4.69) is 15.4 Å². The lowest BCUT2D eigenvalue weighted by Gasteiger charge is -2.13. The van der Waals surface area contributed by atoms with Gasteiger partial charge in [-0.15, -0.1) is 0 Å². The number of carbonyl (C=O) groups is 1. The van der Waals surface area contributed by atoms with Gasteiger partial charge in [-0.05, 0) is 23.6 Å². The Morgan fingerprint density at radius 3 is 2.58 bits per heavy atom. The normalized spacial score (nSPS) is 12.6. The van der Waals surface area contributed by atoms with E-state index in [0.29, 0.717) is 12.1 Å². The van der Waals surface area contributed by atoms with Gasteiger partial charge in [-0.1, -0.05) is 13.8 Å². The monoisotopic (exact) mass is 338 g/mol. The third-order valence-corrected chi connectivity index (χ3v) is 3.42. The molecule has 2 heterocycles. The van der Waals surface area contributed by atoms with Crippen LogP contribution in [0.4, 0.5) is 8.78 Å². The molecule has 0 saturated heterocycles. The van der Waals surface area contributed by atoms with Crippen LogP contribution in [0.3, 0.4) is 0 Å². The van der Waals surface area contributed by atoms with Gasteiger partial charge in [0.15, 0.2) is 0 Å².